The summed E-state index contributed by atoms with van der Waals surface area (Å²) in [5.41, 5.74) is 0.969. The number of ether oxygens (including phenoxy) is 2. The molecule has 0 atom stereocenters. The minimum absolute atomic E-state index is 0.227. The van der Waals surface area contributed by atoms with Gasteiger partial charge in [0.1, 0.15) is 0 Å². The topological polar surface area (TPSA) is 38.8 Å². The lowest BCUT2D eigenvalue weighted by atomic mass is 10.2. The molecule has 0 fully saturated rings. The maximum Gasteiger partial charge on any atom is 0.306 e. The highest BCUT2D eigenvalue weighted by Crippen LogP contribution is 2.22. The van der Waals surface area contributed by atoms with Gasteiger partial charge in [-0.15, -0.1) is 0 Å². The predicted octanol–water partition coefficient (Wildman–Crippen LogP) is 3.00. The van der Waals surface area contributed by atoms with E-state index in [4.69, 9.17) is 27.9 Å². The van der Waals surface area contributed by atoms with Crippen LogP contribution in [0.1, 0.15) is 12.0 Å². The van der Waals surface area contributed by atoms with Crippen LogP contribution >= 0.6 is 23.2 Å². The number of rotatable bonds is 8. The van der Waals surface area contributed by atoms with Crippen molar-refractivity contribution in [3.8, 4) is 0 Å². The molecular weight excluding hydrogens is 301 g/mol. The van der Waals surface area contributed by atoms with Crippen LogP contribution in [-0.4, -0.2) is 44.8 Å². The third-order valence-corrected chi connectivity index (χ3v) is 3.47. The van der Waals surface area contributed by atoms with E-state index >= 15 is 0 Å². The van der Waals surface area contributed by atoms with Gasteiger partial charge in [0.25, 0.3) is 0 Å². The number of esters is 1. The molecule has 6 heteroatoms. The van der Waals surface area contributed by atoms with E-state index in [9.17, 15) is 4.79 Å². The Balaban J connectivity index is 2.65. The number of benzene rings is 1. The Hall–Kier alpha value is -0.810. The van der Waals surface area contributed by atoms with Crippen molar-refractivity contribution in [3.63, 3.8) is 0 Å². The maximum absolute atomic E-state index is 11.2. The fraction of sp³-hybridized carbons (Fsp3) is 0.500. The van der Waals surface area contributed by atoms with Crippen LogP contribution in [0.25, 0.3) is 0 Å². The van der Waals surface area contributed by atoms with Gasteiger partial charge in [-0.2, -0.15) is 0 Å². The van der Waals surface area contributed by atoms with Crippen molar-refractivity contribution in [2.24, 2.45) is 0 Å². The molecule has 1 rings (SSSR count). The van der Waals surface area contributed by atoms with Crippen molar-refractivity contribution in [1.29, 1.82) is 0 Å². The average molecular weight is 320 g/mol. The number of carbonyl (C=O) groups excluding carboxylic acids is 1. The molecule has 0 aliphatic heterocycles. The smallest absolute Gasteiger partial charge is 0.306 e. The average Bonchev–Trinajstić information content (AvgIpc) is 2.43. The second-order valence-electron chi connectivity index (χ2n) is 4.33. The molecule has 0 aliphatic rings. The van der Waals surface area contributed by atoms with Gasteiger partial charge in [-0.05, 0) is 17.7 Å². The third-order valence-electron chi connectivity index (χ3n) is 2.88. The van der Waals surface area contributed by atoms with Crippen molar-refractivity contribution in [3.05, 3.63) is 33.8 Å². The van der Waals surface area contributed by atoms with Crippen molar-refractivity contribution < 1.29 is 14.3 Å². The van der Waals surface area contributed by atoms with Gasteiger partial charge in [0.2, 0.25) is 0 Å². The van der Waals surface area contributed by atoms with Crippen LogP contribution in [-0.2, 0) is 20.8 Å². The molecule has 4 nitrogen and oxygen atoms in total. The van der Waals surface area contributed by atoms with Gasteiger partial charge < -0.3 is 9.47 Å². The molecule has 0 saturated heterocycles. The van der Waals surface area contributed by atoms with Gasteiger partial charge in [0, 0.05) is 36.8 Å². The summed E-state index contributed by atoms with van der Waals surface area (Å²) < 4.78 is 9.73. The molecule has 1 aromatic carbocycles. The Bertz CT molecular complexity index is 440. The normalized spacial score (nSPS) is 10.8. The monoisotopic (exact) mass is 319 g/mol. The molecule has 1 aromatic rings. The molecule has 0 amide bonds. The zero-order valence-corrected chi connectivity index (χ0v) is 13.2. The molecule has 0 spiro atoms. The summed E-state index contributed by atoms with van der Waals surface area (Å²) in [5.74, 6) is -0.227. The minimum Gasteiger partial charge on any atom is -0.469 e. The lowest BCUT2D eigenvalue weighted by Gasteiger charge is -2.22. The van der Waals surface area contributed by atoms with Crippen LogP contribution < -0.4 is 0 Å². The maximum atomic E-state index is 11.2. The predicted molar refractivity (Wildman–Crippen MR) is 80.2 cm³/mol. The van der Waals surface area contributed by atoms with Crippen molar-refractivity contribution in [2.75, 3.05) is 33.9 Å². The summed E-state index contributed by atoms with van der Waals surface area (Å²) in [7, 11) is 3.03. The zero-order valence-electron chi connectivity index (χ0n) is 11.7. The van der Waals surface area contributed by atoms with Crippen LogP contribution in [0, 0.1) is 0 Å². The molecule has 0 heterocycles. The van der Waals surface area contributed by atoms with Crippen LogP contribution in [0.4, 0.5) is 0 Å². The van der Waals surface area contributed by atoms with E-state index in [0.717, 1.165) is 5.56 Å². The Morgan fingerprint density at radius 3 is 2.60 bits per heavy atom. The highest BCUT2D eigenvalue weighted by molar-refractivity contribution is 6.35. The van der Waals surface area contributed by atoms with Gasteiger partial charge in [0.05, 0.1) is 20.1 Å². The summed E-state index contributed by atoms with van der Waals surface area (Å²) in [4.78, 5) is 13.3. The highest BCUT2D eigenvalue weighted by Gasteiger charge is 2.11. The van der Waals surface area contributed by atoms with E-state index in [1.165, 1.54) is 7.11 Å². The lowest BCUT2D eigenvalue weighted by molar-refractivity contribution is -0.141. The first-order chi connectivity index (χ1) is 9.56. The Labute approximate surface area is 129 Å². The summed E-state index contributed by atoms with van der Waals surface area (Å²) in [5, 5.41) is 1.23. The molecule has 0 unspecified atom stereocenters. The van der Waals surface area contributed by atoms with Crippen molar-refractivity contribution >= 4 is 29.2 Å². The number of carbonyl (C=O) groups is 1. The van der Waals surface area contributed by atoms with E-state index in [1.54, 1.807) is 19.2 Å². The first-order valence-corrected chi connectivity index (χ1v) is 7.04. The van der Waals surface area contributed by atoms with Crippen LogP contribution in [0.3, 0.4) is 0 Å². The molecule has 0 aliphatic carbocycles. The number of hydrogen-bond donors (Lipinski definition) is 0. The van der Waals surface area contributed by atoms with Crippen LogP contribution in [0.2, 0.25) is 10.0 Å². The second-order valence-corrected chi connectivity index (χ2v) is 5.17. The highest BCUT2D eigenvalue weighted by atomic mass is 35.5. The molecule has 0 saturated carbocycles. The standard InChI is InChI=1S/C14H19Cl2NO3/c1-19-8-7-17(6-5-14(18)20-2)10-11-3-4-12(15)9-13(11)16/h3-4,9H,5-8,10H2,1-2H3. The largest absolute Gasteiger partial charge is 0.469 e. The molecule has 0 N–H and O–H groups in total. The molecule has 0 aromatic heterocycles. The Morgan fingerprint density at radius 1 is 1.25 bits per heavy atom. The number of hydrogen-bond acceptors (Lipinski definition) is 4. The fourth-order valence-corrected chi connectivity index (χ4v) is 2.20. The molecule has 112 valence electrons. The fourth-order valence-electron chi connectivity index (χ4n) is 1.73. The van der Waals surface area contributed by atoms with E-state index in [0.29, 0.717) is 42.7 Å². The van der Waals surface area contributed by atoms with Crippen LogP contribution in [0.5, 0.6) is 0 Å². The van der Waals surface area contributed by atoms with Gasteiger partial charge in [0.15, 0.2) is 0 Å². The van der Waals surface area contributed by atoms with Gasteiger partial charge in [-0.3, -0.25) is 9.69 Å². The number of nitrogens with zero attached hydrogens (tertiary/aromatic N) is 1. The Kier molecular flexibility index (Phi) is 7.92. The quantitative estimate of drug-likeness (QED) is 0.690. The second kappa shape index (κ2) is 9.19. The van der Waals surface area contributed by atoms with E-state index < -0.39 is 0 Å². The lowest BCUT2D eigenvalue weighted by Crippen LogP contribution is -2.29. The summed E-state index contributed by atoms with van der Waals surface area (Å²) in [6, 6.07) is 5.41. The molecule has 0 radical (unpaired) electrons. The minimum atomic E-state index is -0.227. The molecule has 20 heavy (non-hydrogen) atoms. The summed E-state index contributed by atoms with van der Waals surface area (Å²) in [6.45, 7) is 2.53. The zero-order chi connectivity index (χ0) is 15.0. The summed E-state index contributed by atoms with van der Waals surface area (Å²) >= 11 is 12.0. The first kappa shape index (κ1) is 17.2. The van der Waals surface area contributed by atoms with Gasteiger partial charge in [-0.25, -0.2) is 0 Å². The molecular formula is C14H19Cl2NO3. The van der Waals surface area contributed by atoms with Crippen molar-refractivity contribution in [1.82, 2.24) is 4.90 Å². The van der Waals surface area contributed by atoms with Gasteiger partial charge >= 0.3 is 5.97 Å². The van der Waals surface area contributed by atoms with Crippen LogP contribution in [0.15, 0.2) is 18.2 Å². The van der Waals surface area contributed by atoms with Gasteiger partial charge in [-0.1, -0.05) is 29.3 Å². The summed E-state index contributed by atoms with van der Waals surface area (Å²) in [6.07, 6.45) is 0.339. The van der Waals surface area contributed by atoms with Crippen molar-refractivity contribution in [2.45, 2.75) is 13.0 Å². The first-order valence-electron chi connectivity index (χ1n) is 6.29. The molecule has 0 bridgehead atoms. The Morgan fingerprint density at radius 2 is 2.00 bits per heavy atom. The number of methoxy groups -OCH3 is 2. The SMILES string of the molecule is COCCN(CCC(=O)OC)Cc1ccc(Cl)cc1Cl. The third kappa shape index (κ3) is 6.09. The van der Waals surface area contributed by atoms with E-state index in [1.807, 2.05) is 6.07 Å². The van der Waals surface area contributed by atoms with E-state index in [-0.39, 0.29) is 5.97 Å². The van der Waals surface area contributed by atoms with E-state index in [2.05, 4.69) is 9.64 Å². The number of halogens is 2.